The zero-order valence-electron chi connectivity index (χ0n) is 15.0. The first-order valence-electron chi connectivity index (χ1n) is 8.76. The lowest BCUT2D eigenvalue weighted by Crippen LogP contribution is -2.37. The number of hydrogen-bond donors (Lipinski definition) is 3. The van der Waals surface area contributed by atoms with E-state index in [4.69, 9.17) is 0 Å². The summed E-state index contributed by atoms with van der Waals surface area (Å²) < 4.78 is 0. The zero-order chi connectivity index (χ0) is 19.9. The third-order valence-corrected chi connectivity index (χ3v) is 4.08. The van der Waals surface area contributed by atoms with Crippen molar-refractivity contribution in [3.8, 4) is 0 Å². The molecular formula is C19H19N5O4. The number of amides is 2. The number of hydrogen-bond acceptors (Lipinski definition) is 5. The summed E-state index contributed by atoms with van der Waals surface area (Å²) in [6.07, 6.45) is 1.39. The second-order valence-electron chi connectivity index (χ2n) is 6.14. The molecule has 1 aromatic heterocycles. The topological polar surface area (TPSA) is 130 Å². The van der Waals surface area contributed by atoms with Crippen molar-refractivity contribution in [1.29, 1.82) is 0 Å². The Morgan fingerprint density at radius 1 is 1.11 bits per heavy atom. The van der Waals surface area contributed by atoms with Crippen LogP contribution in [0.3, 0.4) is 0 Å². The zero-order valence-corrected chi connectivity index (χ0v) is 15.0. The van der Waals surface area contributed by atoms with Crippen molar-refractivity contribution in [1.82, 2.24) is 20.6 Å². The summed E-state index contributed by atoms with van der Waals surface area (Å²) >= 11 is 0. The highest BCUT2D eigenvalue weighted by Gasteiger charge is 2.12. The largest absolute Gasteiger partial charge is 0.355 e. The highest BCUT2D eigenvalue weighted by Crippen LogP contribution is 2.13. The van der Waals surface area contributed by atoms with E-state index < -0.39 is 10.8 Å². The van der Waals surface area contributed by atoms with E-state index in [1.165, 1.54) is 24.3 Å². The highest BCUT2D eigenvalue weighted by molar-refractivity contribution is 5.96. The Balaban J connectivity index is 1.39. The van der Waals surface area contributed by atoms with Gasteiger partial charge in [-0.15, -0.1) is 0 Å². The standard InChI is InChI=1S/C19H19N5O4/c25-18(12-21-19(26)13-5-3-6-14(11-13)24(27)28)20-10-4-9-17-22-15-7-1-2-8-16(15)23-17/h1-3,5-8,11H,4,9-10,12H2,(H,20,25)(H,21,26)(H,22,23). The number of carbonyl (C=O) groups is 2. The average molecular weight is 381 g/mol. The number of aromatic amines is 1. The van der Waals surface area contributed by atoms with Crippen molar-refractivity contribution >= 4 is 28.5 Å². The van der Waals surface area contributed by atoms with Crippen LogP contribution in [0.25, 0.3) is 11.0 Å². The lowest BCUT2D eigenvalue weighted by atomic mass is 10.2. The van der Waals surface area contributed by atoms with Gasteiger partial charge in [-0.1, -0.05) is 18.2 Å². The van der Waals surface area contributed by atoms with Crippen LogP contribution in [-0.2, 0) is 11.2 Å². The van der Waals surface area contributed by atoms with Crippen LogP contribution in [0.2, 0.25) is 0 Å². The van der Waals surface area contributed by atoms with Gasteiger partial charge in [0.25, 0.3) is 11.6 Å². The number of nitrogens with zero attached hydrogens (tertiary/aromatic N) is 2. The van der Waals surface area contributed by atoms with Gasteiger partial charge in [0.05, 0.1) is 22.5 Å². The van der Waals surface area contributed by atoms with Gasteiger partial charge in [-0.2, -0.15) is 0 Å². The Morgan fingerprint density at radius 2 is 1.93 bits per heavy atom. The molecule has 3 N–H and O–H groups in total. The number of non-ortho nitro benzene ring substituents is 1. The van der Waals surface area contributed by atoms with Crippen molar-refractivity contribution in [3.63, 3.8) is 0 Å². The summed E-state index contributed by atoms with van der Waals surface area (Å²) in [5, 5.41) is 15.9. The Morgan fingerprint density at radius 3 is 2.71 bits per heavy atom. The van der Waals surface area contributed by atoms with Gasteiger partial charge >= 0.3 is 0 Å². The number of nitro benzene ring substituents is 1. The van der Waals surface area contributed by atoms with Gasteiger partial charge in [0.15, 0.2) is 0 Å². The summed E-state index contributed by atoms with van der Waals surface area (Å²) in [7, 11) is 0. The van der Waals surface area contributed by atoms with Gasteiger partial charge in [0, 0.05) is 30.7 Å². The molecule has 2 aromatic carbocycles. The van der Waals surface area contributed by atoms with Crippen molar-refractivity contribution in [2.75, 3.05) is 13.1 Å². The molecule has 9 heteroatoms. The van der Waals surface area contributed by atoms with Crippen LogP contribution in [-0.4, -0.2) is 39.8 Å². The molecule has 0 fully saturated rings. The van der Waals surface area contributed by atoms with E-state index in [0.717, 1.165) is 16.9 Å². The van der Waals surface area contributed by atoms with Crippen LogP contribution in [0.4, 0.5) is 5.69 Å². The van der Waals surface area contributed by atoms with Crippen LogP contribution in [0.15, 0.2) is 48.5 Å². The molecule has 28 heavy (non-hydrogen) atoms. The molecule has 0 aliphatic rings. The number of H-pyrrole nitrogens is 1. The lowest BCUT2D eigenvalue weighted by Gasteiger charge is -2.06. The van der Waals surface area contributed by atoms with Gasteiger partial charge in [0.1, 0.15) is 5.82 Å². The van der Waals surface area contributed by atoms with Gasteiger partial charge in [-0.05, 0) is 24.6 Å². The predicted molar refractivity (Wildman–Crippen MR) is 103 cm³/mol. The van der Waals surface area contributed by atoms with Gasteiger partial charge in [0.2, 0.25) is 5.91 Å². The fraction of sp³-hybridized carbons (Fsp3) is 0.211. The van der Waals surface area contributed by atoms with Crippen molar-refractivity contribution in [2.45, 2.75) is 12.8 Å². The SMILES string of the molecule is O=C(CNC(=O)c1cccc([N+](=O)[O-])c1)NCCCc1nc2ccccc2[nH]1. The summed E-state index contributed by atoms with van der Waals surface area (Å²) in [6.45, 7) is 0.245. The first-order valence-corrected chi connectivity index (χ1v) is 8.76. The quantitative estimate of drug-likeness (QED) is 0.312. The molecule has 0 saturated carbocycles. The number of fused-ring (bicyclic) bond motifs is 1. The third-order valence-electron chi connectivity index (χ3n) is 4.08. The Labute approximate surface area is 160 Å². The summed E-state index contributed by atoms with van der Waals surface area (Å²) in [5.41, 5.74) is 1.84. The number of carbonyl (C=O) groups excluding carboxylic acids is 2. The van der Waals surface area contributed by atoms with Crippen molar-refractivity contribution < 1.29 is 14.5 Å². The van der Waals surface area contributed by atoms with Crippen LogP contribution in [0, 0.1) is 10.1 Å². The molecule has 0 atom stereocenters. The Hall–Kier alpha value is -3.75. The van der Waals surface area contributed by atoms with E-state index in [0.29, 0.717) is 19.4 Å². The van der Waals surface area contributed by atoms with E-state index in [2.05, 4.69) is 20.6 Å². The maximum Gasteiger partial charge on any atom is 0.270 e. The second kappa shape index (κ2) is 8.76. The minimum absolute atomic E-state index is 0.131. The van der Waals surface area contributed by atoms with Crippen LogP contribution in [0.1, 0.15) is 22.6 Å². The van der Waals surface area contributed by atoms with E-state index in [1.807, 2.05) is 24.3 Å². The normalized spacial score (nSPS) is 10.6. The maximum atomic E-state index is 12.0. The molecule has 2 amide bonds. The van der Waals surface area contributed by atoms with Crippen molar-refractivity contribution in [2.24, 2.45) is 0 Å². The monoisotopic (exact) mass is 381 g/mol. The fourth-order valence-corrected chi connectivity index (χ4v) is 2.69. The van der Waals surface area contributed by atoms with E-state index in [9.17, 15) is 19.7 Å². The molecule has 0 unspecified atom stereocenters. The van der Waals surface area contributed by atoms with Crippen molar-refractivity contribution in [3.05, 3.63) is 70.0 Å². The molecule has 144 valence electrons. The number of aromatic nitrogens is 2. The van der Waals surface area contributed by atoms with Crippen LogP contribution in [0.5, 0.6) is 0 Å². The molecule has 3 rings (SSSR count). The number of para-hydroxylation sites is 2. The predicted octanol–water partition coefficient (Wildman–Crippen LogP) is 1.95. The molecule has 0 saturated heterocycles. The molecule has 0 radical (unpaired) electrons. The first-order chi connectivity index (χ1) is 13.5. The third kappa shape index (κ3) is 4.91. The number of rotatable bonds is 8. The average Bonchev–Trinajstić information content (AvgIpc) is 3.12. The summed E-state index contributed by atoms with van der Waals surface area (Å²) in [5.74, 6) is -0.0149. The molecule has 9 nitrogen and oxygen atoms in total. The minimum atomic E-state index is -0.578. The number of imidazole rings is 1. The number of aryl methyl sites for hydroxylation is 1. The maximum absolute atomic E-state index is 12.0. The minimum Gasteiger partial charge on any atom is -0.355 e. The molecule has 0 spiro atoms. The van der Waals surface area contributed by atoms with Gasteiger partial charge in [-0.25, -0.2) is 4.98 Å². The van der Waals surface area contributed by atoms with Gasteiger partial charge in [-0.3, -0.25) is 19.7 Å². The number of benzene rings is 2. The van der Waals surface area contributed by atoms with Crippen LogP contribution >= 0.6 is 0 Å². The number of nitrogens with one attached hydrogen (secondary N) is 3. The van der Waals surface area contributed by atoms with E-state index >= 15 is 0 Å². The smallest absolute Gasteiger partial charge is 0.270 e. The van der Waals surface area contributed by atoms with E-state index in [1.54, 1.807) is 0 Å². The molecule has 0 aliphatic heterocycles. The summed E-state index contributed by atoms with van der Waals surface area (Å²) in [6, 6.07) is 13.1. The molecule has 1 heterocycles. The molecule has 3 aromatic rings. The molecule has 0 bridgehead atoms. The van der Waals surface area contributed by atoms with E-state index in [-0.39, 0.29) is 23.7 Å². The Kier molecular flexibility index (Phi) is 5.95. The second-order valence-corrected chi connectivity index (χ2v) is 6.14. The fourth-order valence-electron chi connectivity index (χ4n) is 2.69. The number of nitro groups is 1. The lowest BCUT2D eigenvalue weighted by molar-refractivity contribution is -0.384. The molecule has 0 aliphatic carbocycles. The highest BCUT2D eigenvalue weighted by atomic mass is 16.6. The van der Waals surface area contributed by atoms with Crippen LogP contribution < -0.4 is 10.6 Å². The Bertz CT molecular complexity index is 981. The summed E-state index contributed by atoms with van der Waals surface area (Å²) in [4.78, 5) is 41.7. The van der Waals surface area contributed by atoms with Gasteiger partial charge < -0.3 is 15.6 Å². The first kappa shape index (κ1) is 19.0. The molecular weight excluding hydrogens is 362 g/mol.